The van der Waals surface area contributed by atoms with Crippen molar-refractivity contribution in [3.05, 3.63) is 141 Å². The maximum atomic E-state index is 5.10. The quantitative estimate of drug-likeness (QED) is 0.172. The van der Waals surface area contributed by atoms with E-state index in [4.69, 9.17) is 10.6 Å². The van der Waals surface area contributed by atoms with Crippen molar-refractivity contribution in [3.8, 4) is 0 Å². The SMILES string of the molecule is Cc1cc(C)c([N-]C([N-]c2c(C)cc(C)cc2C)c2ccccc2)c(C)c1.[CH2-][Si](C)(C)C.[Fe+3].c1ccncc1. The van der Waals surface area contributed by atoms with Gasteiger partial charge < -0.3 is 17.2 Å². The van der Waals surface area contributed by atoms with Crippen LogP contribution < -0.4 is 0 Å². The number of aryl methyl sites for hydroxylation is 6. The topological polar surface area (TPSA) is 41.1 Å². The summed E-state index contributed by atoms with van der Waals surface area (Å²) < 4.78 is 0. The van der Waals surface area contributed by atoms with Crippen LogP contribution in [-0.4, -0.2) is 13.1 Å². The van der Waals surface area contributed by atoms with Crippen LogP contribution in [0.3, 0.4) is 0 Å². The van der Waals surface area contributed by atoms with E-state index in [1.54, 1.807) is 12.4 Å². The summed E-state index contributed by atoms with van der Waals surface area (Å²) in [5, 5.41) is 10.2. The Hall–Kier alpha value is -2.85. The first kappa shape index (κ1) is 34.2. The number of rotatable bonds is 5. The number of benzene rings is 3. The molecule has 0 saturated carbocycles. The van der Waals surface area contributed by atoms with Gasteiger partial charge in [0.15, 0.2) is 0 Å². The third-order valence-corrected chi connectivity index (χ3v) is 5.44. The van der Waals surface area contributed by atoms with Gasteiger partial charge in [0.05, 0.1) is 0 Å². The van der Waals surface area contributed by atoms with Gasteiger partial charge in [-0.1, -0.05) is 119 Å². The van der Waals surface area contributed by atoms with Crippen molar-refractivity contribution in [3.63, 3.8) is 0 Å². The Morgan fingerprint density at radius 2 is 0.949 bits per heavy atom. The van der Waals surface area contributed by atoms with Crippen molar-refractivity contribution in [2.24, 2.45) is 0 Å². The van der Waals surface area contributed by atoms with Gasteiger partial charge in [0.25, 0.3) is 0 Å². The molecule has 0 aliphatic heterocycles. The van der Waals surface area contributed by atoms with E-state index in [-0.39, 0.29) is 23.2 Å². The number of nitrogens with zero attached hydrogens (tertiary/aromatic N) is 3. The van der Waals surface area contributed by atoms with E-state index in [1.807, 2.05) is 24.3 Å². The van der Waals surface area contributed by atoms with Gasteiger partial charge in [-0.3, -0.25) is 4.98 Å². The summed E-state index contributed by atoms with van der Waals surface area (Å²) in [5.74, 6) is 0. The van der Waals surface area contributed by atoms with Crippen molar-refractivity contribution in [2.75, 3.05) is 0 Å². The van der Waals surface area contributed by atoms with E-state index in [0.29, 0.717) is 0 Å². The molecule has 0 amide bonds. The Morgan fingerprint density at radius 1 is 0.615 bits per heavy atom. The first-order valence-corrected chi connectivity index (χ1v) is 16.9. The largest absolute Gasteiger partial charge is 3.00 e. The monoisotopic (exact) mass is 578 g/mol. The molecule has 4 aromatic rings. The fraction of sp³-hybridized carbons (Fsp3) is 0.294. The second-order valence-electron chi connectivity index (χ2n) is 11.1. The van der Waals surface area contributed by atoms with Gasteiger partial charge in [-0.15, -0.1) is 19.4 Å². The van der Waals surface area contributed by atoms with Gasteiger partial charge in [0.1, 0.15) is 0 Å². The van der Waals surface area contributed by atoms with E-state index < -0.39 is 8.07 Å². The van der Waals surface area contributed by atoms with Crippen molar-refractivity contribution in [1.29, 1.82) is 0 Å². The van der Waals surface area contributed by atoms with Gasteiger partial charge in [-0.2, -0.15) is 6.17 Å². The first-order chi connectivity index (χ1) is 17.8. The molecule has 1 aromatic heterocycles. The van der Waals surface area contributed by atoms with Crippen molar-refractivity contribution >= 4 is 19.4 Å². The Kier molecular flexibility index (Phi) is 14.3. The first-order valence-electron chi connectivity index (χ1n) is 13.2. The van der Waals surface area contributed by atoms with Crippen LogP contribution in [0.25, 0.3) is 10.6 Å². The van der Waals surface area contributed by atoms with Gasteiger partial charge in [0.2, 0.25) is 0 Å². The summed E-state index contributed by atoms with van der Waals surface area (Å²) >= 11 is 0. The number of hydrogen-bond donors (Lipinski definition) is 0. The third-order valence-electron chi connectivity index (χ3n) is 5.44. The molecule has 3 nitrogen and oxygen atoms in total. The zero-order chi connectivity index (χ0) is 28.3. The van der Waals surface area contributed by atoms with Crippen LogP contribution in [0.5, 0.6) is 0 Å². The average Bonchev–Trinajstić information content (AvgIpc) is 2.83. The fourth-order valence-corrected chi connectivity index (χ4v) is 4.11. The van der Waals surface area contributed by atoms with Crippen LogP contribution >= 0.6 is 0 Å². The molecule has 0 saturated heterocycles. The van der Waals surface area contributed by atoms with Crippen LogP contribution in [0.4, 0.5) is 11.4 Å². The van der Waals surface area contributed by atoms with Gasteiger partial charge in [-0.05, 0) is 53.7 Å². The van der Waals surface area contributed by atoms with Gasteiger partial charge in [-0.25, -0.2) is 0 Å². The molecule has 0 atom stereocenters. The molecule has 4 rings (SSSR count). The second kappa shape index (κ2) is 16.3. The molecule has 0 fully saturated rings. The predicted molar refractivity (Wildman–Crippen MR) is 169 cm³/mol. The third kappa shape index (κ3) is 12.7. The smallest absolute Gasteiger partial charge is 0.693 e. The zero-order valence-electron chi connectivity index (χ0n) is 25.1. The summed E-state index contributed by atoms with van der Waals surface area (Å²) in [4.78, 5) is 3.78. The van der Waals surface area contributed by atoms with E-state index in [2.05, 4.69) is 121 Å². The minimum atomic E-state index is -0.861. The summed E-state index contributed by atoms with van der Waals surface area (Å²) in [6.07, 6.45) is 3.24. The van der Waals surface area contributed by atoms with Crippen molar-refractivity contribution in [2.45, 2.75) is 67.3 Å². The molecule has 0 N–H and O–H groups in total. The molecule has 1 heterocycles. The molecule has 207 valence electrons. The molecule has 0 spiro atoms. The summed E-state index contributed by atoms with van der Waals surface area (Å²) in [7, 11) is -0.861. The van der Waals surface area contributed by atoms with Crippen LogP contribution in [-0.2, 0) is 17.1 Å². The standard InChI is InChI=1S/C25H28N2.C5H5N.C4H11Si.Fe/c1-16-12-18(3)23(19(4)13-16)26-25(22-10-8-7-9-11-22)27-24-20(5)14-17(2)15-21(24)6;1-2-4-6-5-3-1;1-5(2,3)4;/h7-15,25H,1-6H3;1-5H;1H2,2-4H3;/q-2;;-1;+3. The van der Waals surface area contributed by atoms with Gasteiger partial charge >= 0.3 is 17.1 Å². The normalized spacial score (nSPS) is 10.3. The molecular formula is C34H44FeN3Si. The average molecular weight is 579 g/mol. The van der Waals surface area contributed by atoms with Crippen molar-refractivity contribution < 1.29 is 17.1 Å². The van der Waals surface area contributed by atoms with E-state index >= 15 is 0 Å². The minimum Gasteiger partial charge on any atom is -0.693 e. The van der Waals surface area contributed by atoms with Crippen molar-refractivity contribution in [1.82, 2.24) is 4.98 Å². The molecule has 5 heteroatoms. The Labute approximate surface area is 249 Å². The van der Waals surface area contributed by atoms with Crippen LogP contribution in [0.15, 0.2) is 85.2 Å². The van der Waals surface area contributed by atoms with Crippen LogP contribution in [0, 0.1) is 48.1 Å². The molecule has 0 aliphatic carbocycles. The summed E-state index contributed by atoms with van der Waals surface area (Å²) in [6, 6.07) is 24.8. The summed E-state index contributed by atoms with van der Waals surface area (Å²) in [5.41, 5.74) is 10.5. The summed E-state index contributed by atoms with van der Waals surface area (Å²) in [6.45, 7) is 23.3. The molecule has 3 aromatic carbocycles. The molecule has 0 bridgehead atoms. The number of aromatic nitrogens is 1. The van der Waals surface area contributed by atoms with E-state index in [0.717, 1.165) is 16.9 Å². The maximum Gasteiger partial charge on any atom is 3.00 e. The maximum absolute atomic E-state index is 5.10. The number of pyridine rings is 1. The second-order valence-corrected chi connectivity index (χ2v) is 16.2. The number of hydrogen-bond acceptors (Lipinski definition) is 1. The Bertz CT molecular complexity index is 1130. The molecule has 0 aliphatic rings. The van der Waals surface area contributed by atoms with E-state index in [1.165, 1.54) is 33.4 Å². The van der Waals surface area contributed by atoms with Gasteiger partial charge in [0, 0.05) is 12.4 Å². The van der Waals surface area contributed by atoms with E-state index in [9.17, 15) is 0 Å². The molecule has 39 heavy (non-hydrogen) atoms. The molecule has 1 radical (unpaired) electrons. The Morgan fingerprint density at radius 3 is 1.23 bits per heavy atom. The van der Waals surface area contributed by atoms with Crippen LogP contribution in [0.2, 0.25) is 19.6 Å². The minimum absolute atomic E-state index is 0. The molecular weight excluding hydrogens is 534 g/mol. The predicted octanol–water partition coefficient (Wildman–Crippen LogP) is 10.7. The fourth-order valence-electron chi connectivity index (χ4n) is 4.11. The molecule has 0 unspecified atom stereocenters. The van der Waals surface area contributed by atoms with Crippen LogP contribution in [0.1, 0.15) is 45.1 Å². The Balaban J connectivity index is 0.000000530. The zero-order valence-corrected chi connectivity index (χ0v) is 27.2.